The molecule has 0 spiro atoms. The maximum Gasteiger partial charge on any atom is 0.228 e. The maximum absolute atomic E-state index is 4.87. The Morgan fingerprint density at radius 2 is 1.54 bits per heavy atom. The number of nitrogens with zero attached hydrogens (tertiary/aromatic N) is 6. The Kier molecular flexibility index (Phi) is 8.31. The van der Waals surface area contributed by atoms with Crippen LogP contribution >= 0.6 is 0 Å². The summed E-state index contributed by atoms with van der Waals surface area (Å²) in [4.78, 5) is 7.68. The van der Waals surface area contributed by atoms with Gasteiger partial charge in [0.25, 0.3) is 0 Å². The minimum Gasteiger partial charge on any atom is -0.428 e. The van der Waals surface area contributed by atoms with Crippen LogP contribution in [-0.2, 0) is 0 Å². The molecule has 0 radical (unpaired) electrons. The first-order chi connectivity index (χ1) is 11.4. The van der Waals surface area contributed by atoms with E-state index in [1.807, 2.05) is 41.5 Å². The third kappa shape index (κ3) is 7.12. The molecule has 132 valence electrons. The molecule has 0 saturated carbocycles. The molecule has 3 heterocycles. The number of hydrogen-bond donors (Lipinski definition) is 0. The third-order valence-electron chi connectivity index (χ3n) is 2.64. The van der Waals surface area contributed by atoms with Gasteiger partial charge in [-0.25, -0.2) is 0 Å². The van der Waals surface area contributed by atoms with Crippen LogP contribution in [0, 0.1) is 0 Å². The van der Waals surface area contributed by atoms with Gasteiger partial charge in [0.1, 0.15) is 0 Å². The van der Waals surface area contributed by atoms with E-state index in [1.165, 1.54) is 19.1 Å². The lowest BCUT2D eigenvalue weighted by Gasteiger charge is -1.91. The summed E-state index contributed by atoms with van der Waals surface area (Å²) in [5, 5.41) is 14.3. The Morgan fingerprint density at radius 3 is 1.79 bits per heavy atom. The van der Waals surface area contributed by atoms with Gasteiger partial charge in [-0.2, -0.15) is 9.97 Å². The molecule has 0 aliphatic carbocycles. The molecule has 3 aromatic rings. The van der Waals surface area contributed by atoms with Crippen LogP contribution in [0.3, 0.4) is 0 Å². The van der Waals surface area contributed by atoms with Crippen molar-refractivity contribution < 1.29 is 13.5 Å². The van der Waals surface area contributed by atoms with Crippen LogP contribution in [0.2, 0.25) is 0 Å². The van der Waals surface area contributed by atoms with Crippen LogP contribution in [-0.4, -0.2) is 30.5 Å². The smallest absolute Gasteiger partial charge is 0.228 e. The van der Waals surface area contributed by atoms with Gasteiger partial charge < -0.3 is 13.5 Å². The monoisotopic (exact) mass is 336 g/mol. The van der Waals surface area contributed by atoms with Crippen molar-refractivity contribution in [3.63, 3.8) is 0 Å². The molecule has 9 nitrogen and oxygen atoms in total. The molecule has 24 heavy (non-hydrogen) atoms. The van der Waals surface area contributed by atoms with Crippen LogP contribution in [0.15, 0.2) is 32.6 Å². The van der Waals surface area contributed by atoms with Gasteiger partial charge in [0.05, 0.1) is 0 Å². The second kappa shape index (κ2) is 10.2. The standard InChI is InChI=1S/3C5H8N2O/c1-4(2)5-7-6-3-8-5;1-4(2)5-6-3-8-7-5;1-4(2)5-6-3-7-8-5/h3*3-4H,1-2H3. The highest BCUT2D eigenvalue weighted by molar-refractivity contribution is 4.84. The van der Waals surface area contributed by atoms with Gasteiger partial charge >= 0.3 is 0 Å². The third-order valence-corrected chi connectivity index (χ3v) is 2.64. The summed E-state index contributed by atoms with van der Waals surface area (Å²) in [7, 11) is 0. The van der Waals surface area contributed by atoms with Gasteiger partial charge in [-0.05, 0) is 0 Å². The Morgan fingerprint density at radius 1 is 0.833 bits per heavy atom. The van der Waals surface area contributed by atoms with Gasteiger partial charge in [-0.1, -0.05) is 51.9 Å². The number of aromatic nitrogens is 6. The van der Waals surface area contributed by atoms with Crippen molar-refractivity contribution in [3.8, 4) is 0 Å². The van der Waals surface area contributed by atoms with Crippen LogP contribution < -0.4 is 0 Å². The van der Waals surface area contributed by atoms with Crippen molar-refractivity contribution in [2.45, 2.75) is 59.3 Å². The molecule has 0 bridgehead atoms. The number of rotatable bonds is 3. The second-order valence-corrected chi connectivity index (χ2v) is 5.81. The van der Waals surface area contributed by atoms with Crippen LogP contribution in [0.25, 0.3) is 0 Å². The van der Waals surface area contributed by atoms with Crippen molar-refractivity contribution in [2.75, 3.05) is 0 Å². The van der Waals surface area contributed by atoms with Gasteiger partial charge in [0.2, 0.25) is 24.6 Å². The lowest BCUT2D eigenvalue weighted by molar-refractivity contribution is 0.364. The average molecular weight is 336 g/mol. The van der Waals surface area contributed by atoms with Crippen LogP contribution in [0.4, 0.5) is 0 Å². The van der Waals surface area contributed by atoms with Crippen molar-refractivity contribution in [1.82, 2.24) is 30.5 Å². The highest BCUT2D eigenvalue weighted by atomic mass is 16.5. The Balaban J connectivity index is 0.000000180. The largest absolute Gasteiger partial charge is 0.428 e. The van der Waals surface area contributed by atoms with Gasteiger partial charge in [0.15, 0.2) is 12.2 Å². The van der Waals surface area contributed by atoms with E-state index < -0.39 is 0 Å². The summed E-state index contributed by atoms with van der Waals surface area (Å²) in [6.07, 6.45) is 4.10. The van der Waals surface area contributed by atoms with Gasteiger partial charge in [-0.3, -0.25) is 0 Å². The zero-order chi connectivity index (χ0) is 17.9. The molecule has 0 atom stereocenters. The van der Waals surface area contributed by atoms with E-state index in [9.17, 15) is 0 Å². The fourth-order valence-electron chi connectivity index (χ4n) is 1.30. The van der Waals surface area contributed by atoms with E-state index >= 15 is 0 Å². The minimum absolute atomic E-state index is 0.345. The average Bonchev–Trinajstić information content (AvgIpc) is 3.29. The Labute approximate surface area is 140 Å². The molecule has 0 amide bonds. The molecule has 0 aliphatic heterocycles. The predicted molar refractivity (Wildman–Crippen MR) is 85.2 cm³/mol. The maximum atomic E-state index is 4.87. The van der Waals surface area contributed by atoms with Gasteiger partial charge in [-0.15, -0.1) is 10.2 Å². The Bertz CT molecular complexity index is 527. The molecule has 0 N–H and O–H groups in total. The normalized spacial score (nSPS) is 10.4. The highest BCUT2D eigenvalue weighted by Crippen LogP contribution is 2.08. The first kappa shape index (κ1) is 19.5. The summed E-state index contributed by atoms with van der Waals surface area (Å²) < 4.78 is 14.1. The van der Waals surface area contributed by atoms with Crippen molar-refractivity contribution in [3.05, 3.63) is 36.7 Å². The molecular formula is C15H24N6O3. The summed E-state index contributed by atoms with van der Waals surface area (Å²) in [5.74, 6) is 3.23. The zero-order valence-electron chi connectivity index (χ0n) is 14.9. The molecular weight excluding hydrogens is 312 g/mol. The molecule has 0 aromatic carbocycles. The topological polar surface area (TPSA) is 117 Å². The molecule has 0 fully saturated rings. The van der Waals surface area contributed by atoms with E-state index in [0.29, 0.717) is 29.5 Å². The minimum atomic E-state index is 0.345. The first-order valence-electron chi connectivity index (χ1n) is 7.70. The summed E-state index contributed by atoms with van der Waals surface area (Å²) in [6, 6.07) is 0. The second-order valence-electron chi connectivity index (χ2n) is 5.81. The molecule has 0 unspecified atom stereocenters. The van der Waals surface area contributed by atoms with Crippen molar-refractivity contribution in [1.29, 1.82) is 0 Å². The molecule has 0 aliphatic rings. The lowest BCUT2D eigenvalue weighted by Crippen LogP contribution is -1.87. The SMILES string of the molecule is CC(C)c1ncno1.CC(C)c1ncon1.CC(C)c1nnco1. The fourth-order valence-corrected chi connectivity index (χ4v) is 1.30. The van der Waals surface area contributed by atoms with E-state index in [-0.39, 0.29) is 0 Å². The molecule has 3 rings (SSSR count). The molecule has 3 aromatic heterocycles. The zero-order valence-corrected chi connectivity index (χ0v) is 14.9. The summed E-state index contributed by atoms with van der Waals surface area (Å²) >= 11 is 0. The molecule has 9 heteroatoms. The van der Waals surface area contributed by atoms with Gasteiger partial charge in [0, 0.05) is 17.8 Å². The van der Waals surface area contributed by atoms with Crippen molar-refractivity contribution in [2.24, 2.45) is 0 Å². The number of hydrogen-bond acceptors (Lipinski definition) is 9. The Hall–Kier alpha value is -2.58. The summed E-state index contributed by atoms with van der Waals surface area (Å²) in [5.41, 5.74) is 0. The lowest BCUT2D eigenvalue weighted by atomic mass is 10.2. The van der Waals surface area contributed by atoms with Crippen molar-refractivity contribution >= 4 is 0 Å². The summed E-state index contributed by atoms with van der Waals surface area (Å²) in [6.45, 7) is 12.1. The van der Waals surface area contributed by atoms with Crippen LogP contribution in [0.5, 0.6) is 0 Å². The van der Waals surface area contributed by atoms with E-state index in [4.69, 9.17) is 8.94 Å². The van der Waals surface area contributed by atoms with E-state index in [2.05, 4.69) is 35.0 Å². The quantitative estimate of drug-likeness (QED) is 0.707. The predicted octanol–water partition coefficient (Wildman–Crippen LogP) is 3.58. The van der Waals surface area contributed by atoms with E-state index in [0.717, 1.165) is 5.82 Å². The van der Waals surface area contributed by atoms with E-state index in [1.54, 1.807) is 0 Å². The van der Waals surface area contributed by atoms with Crippen LogP contribution in [0.1, 0.15) is 76.9 Å². The first-order valence-corrected chi connectivity index (χ1v) is 7.70. The highest BCUT2D eigenvalue weighted by Gasteiger charge is 2.02. The fraction of sp³-hybridized carbons (Fsp3) is 0.600. The molecule has 0 saturated heterocycles.